The first kappa shape index (κ1) is 10.5. The zero-order chi connectivity index (χ0) is 10.4. The Labute approximate surface area is 83.9 Å². The van der Waals surface area contributed by atoms with E-state index in [9.17, 15) is 9.90 Å². The Balaban J connectivity index is 2.69. The van der Waals surface area contributed by atoms with Crippen LogP contribution in [0.4, 0.5) is 0 Å². The zero-order valence-corrected chi connectivity index (χ0v) is 8.23. The van der Waals surface area contributed by atoms with Gasteiger partial charge >= 0.3 is 0 Å². The fourth-order valence-electron chi connectivity index (χ4n) is 1.14. The van der Waals surface area contributed by atoms with Crippen LogP contribution in [0.25, 0.3) is 6.08 Å². The lowest BCUT2D eigenvalue weighted by molar-refractivity contribution is -0.114. The summed E-state index contributed by atoms with van der Waals surface area (Å²) >= 11 is 0. The van der Waals surface area contributed by atoms with Crippen LogP contribution in [-0.4, -0.2) is 10.9 Å². The van der Waals surface area contributed by atoms with Crippen molar-refractivity contribution in [3.05, 3.63) is 35.9 Å². The maximum absolute atomic E-state index is 11.2. The molecule has 2 nitrogen and oxygen atoms in total. The van der Waals surface area contributed by atoms with Crippen molar-refractivity contribution < 1.29 is 9.90 Å². The van der Waals surface area contributed by atoms with Crippen LogP contribution >= 0.6 is 0 Å². The van der Waals surface area contributed by atoms with Gasteiger partial charge in [0.05, 0.1) is 0 Å². The summed E-state index contributed by atoms with van der Waals surface area (Å²) in [6.07, 6.45) is 4.57. The number of ketones is 1. The van der Waals surface area contributed by atoms with E-state index in [2.05, 4.69) is 0 Å². The minimum absolute atomic E-state index is 0.0933. The van der Waals surface area contributed by atoms with Crippen LogP contribution < -0.4 is 0 Å². The highest BCUT2D eigenvalue weighted by molar-refractivity contribution is 5.93. The molecule has 0 unspecified atom stereocenters. The Bertz CT molecular complexity index is 340. The molecule has 1 rings (SSSR count). The van der Waals surface area contributed by atoms with E-state index in [1.807, 2.05) is 13.0 Å². The molecule has 2 heteroatoms. The van der Waals surface area contributed by atoms with Gasteiger partial charge in [0.1, 0.15) is 5.75 Å². The van der Waals surface area contributed by atoms with E-state index in [0.29, 0.717) is 12.0 Å². The Kier molecular flexibility index (Phi) is 3.92. The number of carbonyl (C=O) groups excluding carboxylic acids is 1. The molecule has 0 fully saturated rings. The zero-order valence-electron chi connectivity index (χ0n) is 8.23. The lowest BCUT2D eigenvalue weighted by Gasteiger charge is -1.96. The van der Waals surface area contributed by atoms with Gasteiger partial charge in [-0.25, -0.2) is 0 Å². The predicted molar refractivity (Wildman–Crippen MR) is 57.1 cm³/mol. The highest BCUT2D eigenvalue weighted by atomic mass is 16.3. The third kappa shape index (κ3) is 3.05. The standard InChI is InChI=1S/C12H14O2/c1-2-5-11(13)9-8-10-6-3-4-7-12(10)14/h3-4,6-9,14H,2,5H2,1H3. The molecule has 0 heterocycles. The summed E-state index contributed by atoms with van der Waals surface area (Å²) in [6.45, 7) is 1.96. The van der Waals surface area contributed by atoms with Crippen molar-refractivity contribution in [2.75, 3.05) is 0 Å². The summed E-state index contributed by atoms with van der Waals surface area (Å²) in [5.41, 5.74) is 0.678. The van der Waals surface area contributed by atoms with E-state index in [1.54, 1.807) is 24.3 Å². The second kappa shape index (κ2) is 5.22. The number of benzene rings is 1. The van der Waals surface area contributed by atoms with Crippen LogP contribution in [-0.2, 0) is 4.79 Å². The minimum atomic E-state index is 0.0933. The Morgan fingerprint density at radius 3 is 2.79 bits per heavy atom. The number of phenols is 1. The molecule has 1 aromatic carbocycles. The van der Waals surface area contributed by atoms with Crippen molar-refractivity contribution in [1.29, 1.82) is 0 Å². The molecule has 0 aliphatic rings. The number of para-hydroxylation sites is 1. The van der Waals surface area contributed by atoms with Gasteiger partial charge in [-0.2, -0.15) is 0 Å². The van der Waals surface area contributed by atoms with Crippen molar-refractivity contribution in [2.45, 2.75) is 19.8 Å². The molecule has 74 valence electrons. The first-order valence-corrected chi connectivity index (χ1v) is 4.73. The largest absolute Gasteiger partial charge is 0.507 e. The van der Waals surface area contributed by atoms with Crippen molar-refractivity contribution in [3.8, 4) is 5.75 Å². The maximum Gasteiger partial charge on any atom is 0.155 e. The fourth-order valence-corrected chi connectivity index (χ4v) is 1.14. The second-order valence-corrected chi connectivity index (χ2v) is 3.11. The molecule has 14 heavy (non-hydrogen) atoms. The summed E-state index contributed by atoms with van der Waals surface area (Å²) in [7, 11) is 0. The minimum Gasteiger partial charge on any atom is -0.507 e. The van der Waals surface area contributed by atoms with E-state index >= 15 is 0 Å². The topological polar surface area (TPSA) is 37.3 Å². The highest BCUT2D eigenvalue weighted by Gasteiger charge is 1.96. The van der Waals surface area contributed by atoms with Crippen LogP contribution in [0, 0.1) is 0 Å². The van der Waals surface area contributed by atoms with Gasteiger partial charge in [-0.3, -0.25) is 4.79 Å². The van der Waals surface area contributed by atoms with E-state index < -0.39 is 0 Å². The van der Waals surface area contributed by atoms with Crippen LogP contribution in [0.5, 0.6) is 5.75 Å². The van der Waals surface area contributed by atoms with Crippen LogP contribution in [0.3, 0.4) is 0 Å². The van der Waals surface area contributed by atoms with Crippen LogP contribution in [0.15, 0.2) is 30.3 Å². The van der Waals surface area contributed by atoms with Gasteiger partial charge in [0.25, 0.3) is 0 Å². The predicted octanol–water partition coefficient (Wildman–Crippen LogP) is 2.77. The first-order valence-electron chi connectivity index (χ1n) is 4.73. The maximum atomic E-state index is 11.2. The molecular weight excluding hydrogens is 176 g/mol. The highest BCUT2D eigenvalue weighted by Crippen LogP contribution is 2.16. The molecule has 0 aliphatic carbocycles. The van der Waals surface area contributed by atoms with E-state index in [1.165, 1.54) is 6.08 Å². The summed E-state index contributed by atoms with van der Waals surface area (Å²) in [5.74, 6) is 0.295. The van der Waals surface area contributed by atoms with Crippen molar-refractivity contribution in [1.82, 2.24) is 0 Å². The SMILES string of the molecule is CCCC(=O)C=Cc1ccccc1O. The third-order valence-electron chi connectivity index (χ3n) is 1.88. The second-order valence-electron chi connectivity index (χ2n) is 3.11. The molecule has 1 N–H and O–H groups in total. The smallest absolute Gasteiger partial charge is 0.155 e. The van der Waals surface area contributed by atoms with E-state index in [-0.39, 0.29) is 11.5 Å². The molecule has 0 atom stereocenters. The number of phenolic OH excluding ortho intramolecular Hbond substituents is 1. The van der Waals surface area contributed by atoms with Crippen molar-refractivity contribution in [3.63, 3.8) is 0 Å². The third-order valence-corrected chi connectivity index (χ3v) is 1.88. The van der Waals surface area contributed by atoms with E-state index in [4.69, 9.17) is 0 Å². The Morgan fingerprint density at radius 2 is 2.14 bits per heavy atom. The molecule has 0 bridgehead atoms. The first-order chi connectivity index (χ1) is 6.74. The average Bonchev–Trinajstić information content (AvgIpc) is 2.17. The van der Waals surface area contributed by atoms with Gasteiger partial charge < -0.3 is 5.11 Å². The number of hydrogen-bond acceptors (Lipinski definition) is 2. The van der Waals surface area contributed by atoms with Gasteiger partial charge in [-0.1, -0.05) is 25.1 Å². The van der Waals surface area contributed by atoms with Gasteiger partial charge in [-0.05, 0) is 24.6 Å². The average molecular weight is 190 g/mol. The summed E-state index contributed by atoms with van der Waals surface area (Å²) in [5, 5.41) is 9.39. The molecule has 0 amide bonds. The number of carbonyl (C=O) groups is 1. The number of rotatable bonds is 4. The van der Waals surface area contributed by atoms with Gasteiger partial charge in [-0.15, -0.1) is 0 Å². The summed E-state index contributed by atoms with van der Waals surface area (Å²) < 4.78 is 0. The molecule has 0 radical (unpaired) electrons. The Hall–Kier alpha value is -1.57. The molecule has 0 saturated heterocycles. The molecule has 0 aliphatic heterocycles. The number of hydrogen-bond donors (Lipinski definition) is 1. The molecule has 0 spiro atoms. The summed E-state index contributed by atoms with van der Waals surface area (Å²) in [6, 6.07) is 6.94. The summed E-state index contributed by atoms with van der Waals surface area (Å²) in [4.78, 5) is 11.2. The van der Waals surface area contributed by atoms with E-state index in [0.717, 1.165) is 6.42 Å². The lowest BCUT2D eigenvalue weighted by atomic mass is 10.1. The molecule has 0 saturated carbocycles. The molecule has 0 aromatic heterocycles. The lowest BCUT2D eigenvalue weighted by Crippen LogP contribution is -1.89. The monoisotopic (exact) mass is 190 g/mol. The van der Waals surface area contributed by atoms with Gasteiger partial charge in [0.2, 0.25) is 0 Å². The van der Waals surface area contributed by atoms with Gasteiger partial charge in [0.15, 0.2) is 5.78 Å². The molecule has 1 aromatic rings. The van der Waals surface area contributed by atoms with Crippen molar-refractivity contribution in [2.24, 2.45) is 0 Å². The quantitative estimate of drug-likeness (QED) is 0.741. The fraction of sp³-hybridized carbons (Fsp3) is 0.250. The normalized spacial score (nSPS) is 10.6. The Morgan fingerprint density at radius 1 is 1.43 bits per heavy atom. The number of allylic oxidation sites excluding steroid dienone is 1. The van der Waals surface area contributed by atoms with Crippen LogP contribution in [0.1, 0.15) is 25.3 Å². The van der Waals surface area contributed by atoms with Crippen molar-refractivity contribution >= 4 is 11.9 Å². The number of aromatic hydroxyl groups is 1. The van der Waals surface area contributed by atoms with Gasteiger partial charge in [0, 0.05) is 12.0 Å². The molecular formula is C12H14O2. The van der Waals surface area contributed by atoms with Crippen LogP contribution in [0.2, 0.25) is 0 Å².